The second-order valence-electron chi connectivity index (χ2n) is 5.70. The summed E-state index contributed by atoms with van der Waals surface area (Å²) in [7, 11) is 1.39. The van der Waals surface area contributed by atoms with Crippen molar-refractivity contribution in [3.63, 3.8) is 0 Å². The van der Waals surface area contributed by atoms with E-state index in [9.17, 15) is 4.79 Å². The minimum absolute atomic E-state index is 0.174. The Morgan fingerprint density at radius 2 is 1.84 bits per heavy atom. The Hall–Kier alpha value is -2.08. The number of hydrazone groups is 1. The first-order chi connectivity index (χ1) is 12.0. The maximum atomic E-state index is 12.3. The van der Waals surface area contributed by atoms with Crippen molar-refractivity contribution in [3.8, 4) is 0 Å². The molecule has 0 bridgehead atoms. The molecule has 2 atom stereocenters. The number of rotatable bonds is 4. The number of carbonyl (C=O) groups is 1. The first kappa shape index (κ1) is 17.7. The Morgan fingerprint density at radius 3 is 2.48 bits per heavy atom. The van der Waals surface area contributed by atoms with Crippen molar-refractivity contribution < 1.29 is 9.63 Å². The summed E-state index contributed by atoms with van der Waals surface area (Å²) in [6, 6.07) is 14.7. The number of nitrogens with zero attached hydrogens (tertiary/aromatic N) is 2. The number of nitrogens with one attached hydrogen (secondary N) is 1. The van der Waals surface area contributed by atoms with Gasteiger partial charge < -0.3 is 0 Å². The highest BCUT2D eigenvalue weighted by molar-refractivity contribution is 6.40. The molecule has 0 saturated carbocycles. The van der Waals surface area contributed by atoms with Crippen molar-refractivity contribution in [2.45, 2.75) is 13.0 Å². The monoisotopic (exact) mass is 377 g/mol. The highest BCUT2D eigenvalue weighted by Crippen LogP contribution is 2.41. The van der Waals surface area contributed by atoms with Gasteiger partial charge in [0.05, 0.1) is 23.9 Å². The molecule has 0 aromatic heterocycles. The molecule has 130 valence electrons. The minimum atomic E-state index is -0.372. The van der Waals surface area contributed by atoms with Crippen LogP contribution in [0.2, 0.25) is 10.0 Å². The molecule has 2 unspecified atom stereocenters. The SMILES string of the molecule is CONC(=O)C1=NN(c2ccccc2Cl)C(c2ccc(Cl)cc2)C1C. The number of hydrogen-bond acceptors (Lipinski definition) is 4. The smallest absolute Gasteiger partial charge is 0.277 e. The van der Waals surface area contributed by atoms with Gasteiger partial charge in [0.2, 0.25) is 0 Å². The first-order valence-corrected chi connectivity index (χ1v) is 8.49. The Bertz CT molecular complexity index is 808. The Kier molecular flexibility index (Phi) is 5.27. The van der Waals surface area contributed by atoms with Crippen LogP contribution in [0.5, 0.6) is 0 Å². The quantitative estimate of drug-likeness (QED) is 0.811. The number of carbonyl (C=O) groups excluding carboxylic acids is 1. The Balaban J connectivity index is 2.06. The molecule has 5 nitrogen and oxygen atoms in total. The second kappa shape index (κ2) is 7.44. The molecule has 1 N–H and O–H groups in total. The van der Waals surface area contributed by atoms with Crippen LogP contribution in [0.15, 0.2) is 53.6 Å². The molecule has 3 rings (SSSR count). The van der Waals surface area contributed by atoms with Crippen LogP contribution in [0.1, 0.15) is 18.5 Å². The molecule has 25 heavy (non-hydrogen) atoms. The number of anilines is 1. The van der Waals surface area contributed by atoms with E-state index in [1.54, 1.807) is 11.1 Å². The molecule has 1 aliphatic heterocycles. The van der Waals surface area contributed by atoms with Gasteiger partial charge in [-0.05, 0) is 29.8 Å². The van der Waals surface area contributed by atoms with Gasteiger partial charge in [0.25, 0.3) is 5.91 Å². The van der Waals surface area contributed by atoms with Gasteiger partial charge in [-0.3, -0.25) is 14.6 Å². The average Bonchev–Trinajstić information content (AvgIpc) is 2.94. The van der Waals surface area contributed by atoms with E-state index in [-0.39, 0.29) is 17.9 Å². The van der Waals surface area contributed by atoms with Crippen LogP contribution in [0, 0.1) is 5.92 Å². The van der Waals surface area contributed by atoms with Gasteiger partial charge in [-0.25, -0.2) is 5.48 Å². The third-order valence-electron chi connectivity index (χ3n) is 4.12. The predicted octanol–water partition coefficient (Wildman–Crippen LogP) is 4.22. The van der Waals surface area contributed by atoms with Crippen LogP contribution in [-0.4, -0.2) is 18.7 Å². The molecule has 0 radical (unpaired) electrons. The van der Waals surface area contributed by atoms with E-state index in [1.165, 1.54) is 7.11 Å². The summed E-state index contributed by atoms with van der Waals surface area (Å²) in [6.07, 6.45) is 0. The second-order valence-corrected chi connectivity index (χ2v) is 6.55. The van der Waals surface area contributed by atoms with Crippen molar-refractivity contribution in [2.75, 3.05) is 12.1 Å². The van der Waals surface area contributed by atoms with Crippen molar-refractivity contribution in [1.82, 2.24) is 5.48 Å². The van der Waals surface area contributed by atoms with E-state index in [4.69, 9.17) is 28.0 Å². The lowest BCUT2D eigenvalue weighted by Crippen LogP contribution is -2.33. The van der Waals surface area contributed by atoms with Crippen LogP contribution >= 0.6 is 23.2 Å². The molecule has 1 amide bonds. The summed E-state index contributed by atoms with van der Waals surface area (Å²) >= 11 is 12.4. The number of halogens is 2. The summed E-state index contributed by atoms with van der Waals surface area (Å²) in [5, 5.41) is 7.53. The molecule has 1 aliphatic rings. The molecular formula is C18H17Cl2N3O2. The lowest BCUT2D eigenvalue weighted by Gasteiger charge is -2.27. The van der Waals surface area contributed by atoms with Gasteiger partial charge in [0.1, 0.15) is 5.71 Å². The van der Waals surface area contributed by atoms with E-state index in [0.29, 0.717) is 15.8 Å². The van der Waals surface area contributed by atoms with Crippen LogP contribution in [0.25, 0.3) is 0 Å². The van der Waals surface area contributed by atoms with Crippen LogP contribution in [0.4, 0.5) is 5.69 Å². The fourth-order valence-corrected chi connectivity index (χ4v) is 3.31. The zero-order valence-electron chi connectivity index (χ0n) is 13.7. The maximum absolute atomic E-state index is 12.3. The van der Waals surface area contributed by atoms with E-state index >= 15 is 0 Å². The largest absolute Gasteiger partial charge is 0.291 e. The zero-order chi connectivity index (χ0) is 18.0. The third-order valence-corrected chi connectivity index (χ3v) is 4.69. The van der Waals surface area contributed by atoms with E-state index < -0.39 is 0 Å². The molecule has 0 fully saturated rings. The minimum Gasteiger partial charge on any atom is -0.277 e. The van der Waals surface area contributed by atoms with Crippen LogP contribution in [0.3, 0.4) is 0 Å². The standard InChI is InChI=1S/C18H17Cl2N3O2/c1-11-16(18(24)22-25-2)21-23(15-6-4-3-5-14(15)20)17(11)12-7-9-13(19)10-8-12/h3-11,17H,1-2H3,(H,22,24). The molecule has 7 heteroatoms. The molecule has 0 aliphatic carbocycles. The van der Waals surface area contributed by atoms with Gasteiger partial charge in [0.15, 0.2) is 0 Å². The normalized spacial score (nSPS) is 19.7. The van der Waals surface area contributed by atoms with Crippen molar-refractivity contribution in [3.05, 3.63) is 64.1 Å². The van der Waals surface area contributed by atoms with Crippen molar-refractivity contribution in [1.29, 1.82) is 0 Å². The Labute approximate surface area is 156 Å². The maximum Gasteiger partial charge on any atom is 0.291 e. The van der Waals surface area contributed by atoms with E-state index in [1.807, 2.05) is 49.4 Å². The van der Waals surface area contributed by atoms with Gasteiger partial charge in [-0.15, -0.1) is 0 Å². The zero-order valence-corrected chi connectivity index (χ0v) is 15.3. The van der Waals surface area contributed by atoms with Gasteiger partial charge in [-0.2, -0.15) is 5.10 Å². The number of hydrogen-bond donors (Lipinski definition) is 1. The number of hydroxylamine groups is 1. The van der Waals surface area contributed by atoms with Crippen LogP contribution < -0.4 is 10.5 Å². The van der Waals surface area contributed by atoms with Gasteiger partial charge in [0, 0.05) is 10.9 Å². The summed E-state index contributed by atoms with van der Waals surface area (Å²) in [5.41, 5.74) is 4.43. The highest BCUT2D eigenvalue weighted by atomic mass is 35.5. The van der Waals surface area contributed by atoms with E-state index in [0.717, 1.165) is 11.3 Å². The summed E-state index contributed by atoms with van der Waals surface area (Å²) in [5.74, 6) is -0.545. The molecule has 0 saturated heterocycles. The lowest BCUT2D eigenvalue weighted by atomic mass is 9.91. The first-order valence-electron chi connectivity index (χ1n) is 7.74. The Morgan fingerprint density at radius 1 is 1.16 bits per heavy atom. The summed E-state index contributed by atoms with van der Waals surface area (Å²) in [4.78, 5) is 17.0. The summed E-state index contributed by atoms with van der Waals surface area (Å²) in [6.45, 7) is 1.95. The van der Waals surface area contributed by atoms with Crippen molar-refractivity contribution >= 4 is 40.5 Å². The summed E-state index contributed by atoms with van der Waals surface area (Å²) < 4.78 is 0. The third kappa shape index (κ3) is 3.49. The molecule has 2 aromatic rings. The molecule has 1 heterocycles. The topological polar surface area (TPSA) is 53.9 Å². The number of amides is 1. The molecule has 0 spiro atoms. The van der Waals surface area contributed by atoms with Gasteiger partial charge >= 0.3 is 0 Å². The van der Waals surface area contributed by atoms with Gasteiger partial charge in [-0.1, -0.05) is 54.4 Å². The number of benzene rings is 2. The highest BCUT2D eigenvalue weighted by Gasteiger charge is 2.39. The fourth-order valence-electron chi connectivity index (χ4n) is 2.96. The fraction of sp³-hybridized carbons (Fsp3) is 0.222. The molecular weight excluding hydrogens is 361 g/mol. The lowest BCUT2D eigenvalue weighted by molar-refractivity contribution is -0.124. The van der Waals surface area contributed by atoms with E-state index in [2.05, 4.69) is 10.6 Å². The molecule has 2 aromatic carbocycles. The average molecular weight is 378 g/mol. The predicted molar refractivity (Wildman–Crippen MR) is 99.9 cm³/mol. The van der Waals surface area contributed by atoms with Crippen LogP contribution in [-0.2, 0) is 9.63 Å². The number of para-hydroxylation sites is 1. The van der Waals surface area contributed by atoms with Crippen molar-refractivity contribution in [2.24, 2.45) is 11.0 Å².